The van der Waals surface area contributed by atoms with Gasteiger partial charge < -0.3 is 25.4 Å². The lowest BCUT2D eigenvalue weighted by Crippen LogP contribution is -2.41. The van der Waals surface area contributed by atoms with Gasteiger partial charge in [0.1, 0.15) is 6.61 Å². The fraction of sp³-hybridized carbons (Fsp3) is 0.400. The van der Waals surface area contributed by atoms with Crippen LogP contribution in [0.2, 0.25) is 0 Å². The largest absolute Gasteiger partial charge is 0.469 e. The molecule has 23 heavy (non-hydrogen) atoms. The number of benzene rings is 1. The molecule has 2 amide bonds. The van der Waals surface area contributed by atoms with Gasteiger partial charge in [-0.2, -0.15) is 0 Å². The number of hydrogen-bond acceptors (Lipinski definition) is 6. The fourth-order valence-electron chi connectivity index (χ4n) is 2.11. The number of nitrogens with one attached hydrogen (secondary N) is 1. The van der Waals surface area contributed by atoms with Crippen LogP contribution in [-0.4, -0.2) is 50.7 Å². The van der Waals surface area contributed by atoms with Gasteiger partial charge in [0, 0.05) is 17.9 Å². The van der Waals surface area contributed by atoms with Crippen LogP contribution in [0, 0.1) is 0 Å². The molecule has 2 rings (SSSR count). The van der Waals surface area contributed by atoms with Crippen LogP contribution < -0.4 is 16.0 Å². The summed E-state index contributed by atoms with van der Waals surface area (Å²) in [6, 6.07) is 5.81. The van der Waals surface area contributed by atoms with Gasteiger partial charge in [-0.15, -0.1) is 0 Å². The van der Waals surface area contributed by atoms with Gasteiger partial charge in [0.25, 0.3) is 5.91 Å². The van der Waals surface area contributed by atoms with Crippen LogP contribution in [-0.2, 0) is 23.9 Å². The highest BCUT2D eigenvalue weighted by molar-refractivity contribution is 5.98. The quantitative estimate of drug-likeness (QED) is 0.731. The lowest BCUT2D eigenvalue weighted by Gasteiger charge is -2.27. The second-order valence-electron chi connectivity index (χ2n) is 5.02. The maximum Gasteiger partial charge on any atom is 0.307 e. The Morgan fingerprint density at radius 2 is 2.09 bits per heavy atom. The Labute approximate surface area is 133 Å². The molecule has 0 unspecified atom stereocenters. The summed E-state index contributed by atoms with van der Waals surface area (Å²) in [6.45, 7) is 1.06. The first-order chi connectivity index (χ1) is 11.0. The van der Waals surface area contributed by atoms with Gasteiger partial charge in [-0.05, 0) is 24.3 Å². The molecule has 1 aromatic carbocycles. The molecule has 1 aromatic rings. The molecule has 1 saturated heterocycles. The number of carbonyl (C=O) groups excluding carboxylic acids is 3. The van der Waals surface area contributed by atoms with E-state index < -0.39 is 17.9 Å². The van der Waals surface area contributed by atoms with Gasteiger partial charge in [-0.3, -0.25) is 14.4 Å². The third-order valence-electron chi connectivity index (χ3n) is 3.38. The van der Waals surface area contributed by atoms with Crippen LogP contribution in [0.25, 0.3) is 0 Å². The fourth-order valence-corrected chi connectivity index (χ4v) is 2.11. The molecule has 3 N–H and O–H groups in total. The lowest BCUT2D eigenvalue weighted by molar-refractivity contribution is -0.142. The van der Waals surface area contributed by atoms with E-state index in [2.05, 4.69) is 10.1 Å². The minimum atomic E-state index is -0.983. The summed E-state index contributed by atoms with van der Waals surface area (Å²) in [5.41, 5.74) is 6.89. The summed E-state index contributed by atoms with van der Waals surface area (Å²) in [4.78, 5) is 36.3. The Bertz CT molecular complexity index is 587. The van der Waals surface area contributed by atoms with Gasteiger partial charge in [-0.25, -0.2) is 0 Å². The highest BCUT2D eigenvalue weighted by Crippen LogP contribution is 2.19. The smallest absolute Gasteiger partial charge is 0.307 e. The summed E-state index contributed by atoms with van der Waals surface area (Å²) in [5.74, 6) is -1.13. The van der Waals surface area contributed by atoms with E-state index in [9.17, 15) is 14.4 Å². The number of ether oxygens (including phenoxy) is 2. The summed E-state index contributed by atoms with van der Waals surface area (Å²) in [6.07, 6.45) is -0.192. The molecule has 1 atom stereocenters. The van der Waals surface area contributed by atoms with Crippen molar-refractivity contribution in [3.8, 4) is 0 Å². The van der Waals surface area contributed by atoms with Crippen molar-refractivity contribution in [3.63, 3.8) is 0 Å². The van der Waals surface area contributed by atoms with Gasteiger partial charge >= 0.3 is 5.97 Å². The SMILES string of the molecule is COC(=O)C[C@H](N)C(=O)Nc1ccc(N2CCOCC2=O)cc1. The van der Waals surface area contributed by atoms with Crippen LogP contribution in [0.1, 0.15) is 6.42 Å². The standard InChI is InChI=1S/C15H19N3O5/c1-22-14(20)8-12(16)15(21)17-10-2-4-11(5-3-10)18-6-7-23-9-13(18)19/h2-5,12H,6-9,16H2,1H3,(H,17,21)/t12-/m0/s1. The molecule has 0 aliphatic carbocycles. The topological polar surface area (TPSA) is 111 Å². The zero-order valence-corrected chi connectivity index (χ0v) is 12.8. The lowest BCUT2D eigenvalue weighted by atomic mass is 10.2. The molecule has 0 aromatic heterocycles. The van der Waals surface area contributed by atoms with Crippen LogP contribution in [0.15, 0.2) is 24.3 Å². The van der Waals surface area contributed by atoms with Crippen molar-refractivity contribution in [1.29, 1.82) is 0 Å². The van der Waals surface area contributed by atoms with Crippen molar-refractivity contribution in [3.05, 3.63) is 24.3 Å². The maximum absolute atomic E-state index is 11.9. The van der Waals surface area contributed by atoms with E-state index in [0.717, 1.165) is 5.69 Å². The second kappa shape index (κ2) is 7.70. The Morgan fingerprint density at radius 1 is 1.39 bits per heavy atom. The molecule has 0 saturated carbocycles. The predicted octanol–water partition coefficient (Wildman–Crippen LogP) is -0.121. The molecule has 0 spiro atoms. The van der Waals surface area contributed by atoms with Crippen LogP contribution in [0.4, 0.5) is 11.4 Å². The first-order valence-electron chi connectivity index (χ1n) is 7.12. The summed E-state index contributed by atoms with van der Waals surface area (Å²) in [5, 5.41) is 2.61. The highest BCUT2D eigenvalue weighted by atomic mass is 16.5. The van der Waals surface area contributed by atoms with Crippen LogP contribution >= 0.6 is 0 Å². The second-order valence-corrected chi connectivity index (χ2v) is 5.02. The Hall–Kier alpha value is -2.45. The Kier molecular flexibility index (Phi) is 5.67. The van der Waals surface area contributed by atoms with E-state index in [1.165, 1.54) is 7.11 Å². The number of methoxy groups -OCH3 is 1. The van der Waals surface area contributed by atoms with E-state index in [0.29, 0.717) is 18.8 Å². The van der Waals surface area contributed by atoms with E-state index in [1.807, 2.05) is 0 Å². The number of morpholine rings is 1. The van der Waals surface area contributed by atoms with Crippen molar-refractivity contribution in [2.45, 2.75) is 12.5 Å². The van der Waals surface area contributed by atoms with E-state index >= 15 is 0 Å². The summed E-state index contributed by atoms with van der Waals surface area (Å²) >= 11 is 0. The minimum absolute atomic E-state index is 0.0703. The Balaban J connectivity index is 1.95. The number of esters is 1. The first kappa shape index (κ1) is 16.9. The molecule has 1 fully saturated rings. The number of amides is 2. The third kappa shape index (κ3) is 4.51. The van der Waals surface area contributed by atoms with Gasteiger partial charge in [0.05, 0.1) is 26.2 Å². The normalized spacial score (nSPS) is 15.9. The summed E-state index contributed by atoms with van der Waals surface area (Å²) < 4.78 is 9.54. The highest BCUT2D eigenvalue weighted by Gasteiger charge is 2.21. The number of carbonyl (C=O) groups is 3. The van der Waals surface area contributed by atoms with E-state index in [1.54, 1.807) is 29.2 Å². The molecule has 1 aliphatic rings. The first-order valence-corrected chi connectivity index (χ1v) is 7.12. The Morgan fingerprint density at radius 3 is 2.70 bits per heavy atom. The van der Waals surface area contributed by atoms with Crippen molar-refractivity contribution in [2.75, 3.05) is 37.1 Å². The molecule has 8 heteroatoms. The van der Waals surface area contributed by atoms with Crippen molar-refractivity contribution < 1.29 is 23.9 Å². The maximum atomic E-state index is 11.9. The van der Waals surface area contributed by atoms with Crippen LogP contribution in [0.3, 0.4) is 0 Å². The van der Waals surface area contributed by atoms with E-state index in [-0.39, 0.29) is 18.9 Å². The number of hydrogen-bond donors (Lipinski definition) is 2. The summed E-state index contributed by atoms with van der Waals surface area (Å²) in [7, 11) is 1.23. The average molecular weight is 321 g/mol. The molecule has 124 valence electrons. The number of nitrogens with zero attached hydrogens (tertiary/aromatic N) is 1. The van der Waals surface area contributed by atoms with Gasteiger partial charge in [0.2, 0.25) is 5.91 Å². The number of rotatable bonds is 5. The number of anilines is 2. The van der Waals surface area contributed by atoms with Crippen molar-refractivity contribution in [1.82, 2.24) is 0 Å². The minimum Gasteiger partial charge on any atom is -0.469 e. The van der Waals surface area contributed by atoms with Crippen molar-refractivity contribution >= 4 is 29.2 Å². The monoisotopic (exact) mass is 321 g/mol. The molecular weight excluding hydrogens is 302 g/mol. The van der Waals surface area contributed by atoms with Gasteiger partial charge in [0.15, 0.2) is 0 Å². The van der Waals surface area contributed by atoms with E-state index in [4.69, 9.17) is 10.5 Å². The zero-order chi connectivity index (χ0) is 16.8. The average Bonchev–Trinajstić information content (AvgIpc) is 2.56. The predicted molar refractivity (Wildman–Crippen MR) is 82.9 cm³/mol. The zero-order valence-electron chi connectivity index (χ0n) is 12.8. The molecule has 0 bridgehead atoms. The third-order valence-corrected chi connectivity index (χ3v) is 3.38. The van der Waals surface area contributed by atoms with Crippen LogP contribution in [0.5, 0.6) is 0 Å². The number of nitrogens with two attached hydrogens (primary N) is 1. The molecule has 1 heterocycles. The molecular formula is C15H19N3O5. The van der Waals surface area contributed by atoms with Crippen molar-refractivity contribution in [2.24, 2.45) is 5.73 Å². The molecule has 8 nitrogen and oxygen atoms in total. The molecule has 0 radical (unpaired) electrons. The molecule has 1 aliphatic heterocycles. The van der Waals surface area contributed by atoms with Gasteiger partial charge in [-0.1, -0.05) is 0 Å².